The van der Waals surface area contributed by atoms with Gasteiger partial charge in [0.05, 0.1) is 5.39 Å². The largest absolute Gasteiger partial charge is 0.367 e. The van der Waals surface area contributed by atoms with Gasteiger partial charge in [-0.2, -0.15) is 0 Å². The van der Waals surface area contributed by atoms with E-state index in [2.05, 4.69) is 59.5 Å². The number of amides is 1. The number of aromatic nitrogens is 2. The summed E-state index contributed by atoms with van der Waals surface area (Å²) in [6, 6.07) is 12.9. The van der Waals surface area contributed by atoms with Crippen LogP contribution in [0.3, 0.4) is 0 Å². The van der Waals surface area contributed by atoms with E-state index in [1.165, 1.54) is 10.4 Å². The number of carbonyl (C=O) groups is 1. The number of likely N-dealkylation sites (tertiary alicyclic amines) is 1. The van der Waals surface area contributed by atoms with E-state index in [0.29, 0.717) is 18.4 Å². The van der Waals surface area contributed by atoms with E-state index >= 15 is 0 Å². The lowest BCUT2D eigenvalue weighted by Crippen LogP contribution is -2.42. The minimum Gasteiger partial charge on any atom is -0.367 e. The number of nitrogens with one attached hydrogen (secondary N) is 1. The second-order valence-corrected chi connectivity index (χ2v) is 8.85. The molecule has 0 saturated carbocycles. The number of benzene rings is 1. The molecular formula is C22H26N4OS. The normalized spacial score (nSPS) is 15.3. The Bertz CT molecular complexity index is 946. The van der Waals surface area contributed by atoms with Crippen molar-refractivity contribution in [1.82, 2.24) is 14.9 Å². The van der Waals surface area contributed by atoms with Gasteiger partial charge in [-0.25, -0.2) is 9.97 Å². The topological polar surface area (TPSA) is 58.1 Å². The van der Waals surface area contributed by atoms with Crippen LogP contribution in [-0.4, -0.2) is 39.9 Å². The first kappa shape index (κ1) is 18.9. The Hall–Kier alpha value is -2.47. The second-order valence-electron chi connectivity index (χ2n) is 7.82. The highest BCUT2D eigenvalue weighted by Crippen LogP contribution is 2.35. The van der Waals surface area contributed by atoms with Gasteiger partial charge in [0.15, 0.2) is 0 Å². The molecule has 5 nitrogen and oxygen atoms in total. The summed E-state index contributed by atoms with van der Waals surface area (Å²) in [7, 11) is 0. The Balaban J connectivity index is 1.46. The van der Waals surface area contributed by atoms with Crippen molar-refractivity contribution in [3.63, 3.8) is 0 Å². The Labute approximate surface area is 169 Å². The van der Waals surface area contributed by atoms with E-state index in [1.54, 1.807) is 17.7 Å². The number of hydrogen-bond donors (Lipinski definition) is 1. The average Bonchev–Trinajstić information content (AvgIpc) is 3.14. The Morgan fingerprint density at radius 2 is 1.96 bits per heavy atom. The zero-order valence-electron chi connectivity index (χ0n) is 16.4. The van der Waals surface area contributed by atoms with E-state index in [4.69, 9.17) is 0 Å². The fourth-order valence-corrected chi connectivity index (χ4v) is 4.66. The number of nitrogens with zero attached hydrogens (tertiary/aromatic N) is 3. The molecule has 3 aromatic rings. The summed E-state index contributed by atoms with van der Waals surface area (Å²) in [5, 5.41) is 4.68. The molecule has 0 spiro atoms. The van der Waals surface area contributed by atoms with Gasteiger partial charge in [-0.1, -0.05) is 44.2 Å². The predicted molar refractivity (Wildman–Crippen MR) is 116 cm³/mol. The third kappa shape index (κ3) is 4.17. The molecule has 2 aromatic heterocycles. The summed E-state index contributed by atoms with van der Waals surface area (Å²) in [5.41, 5.74) is 1.20. The highest BCUT2D eigenvalue weighted by atomic mass is 32.1. The fourth-order valence-electron chi connectivity index (χ4n) is 3.66. The van der Waals surface area contributed by atoms with Gasteiger partial charge in [0.2, 0.25) is 5.91 Å². The van der Waals surface area contributed by atoms with E-state index in [-0.39, 0.29) is 5.91 Å². The third-order valence-corrected chi connectivity index (χ3v) is 6.25. The van der Waals surface area contributed by atoms with Crippen molar-refractivity contribution in [1.29, 1.82) is 0 Å². The molecule has 0 unspecified atom stereocenters. The number of fused-ring (bicyclic) bond motifs is 1. The van der Waals surface area contributed by atoms with E-state index in [9.17, 15) is 4.79 Å². The standard InChI is InChI=1S/C22H26N4OS/c1-15(2)12-20(27)26-10-8-17(9-11-26)25-21-18-13-19(16-6-4-3-5-7-16)28-22(18)24-14-23-21/h3-7,13-15,17H,8-12H2,1-2H3,(H,23,24,25). The van der Waals surface area contributed by atoms with Crippen molar-refractivity contribution >= 4 is 33.3 Å². The van der Waals surface area contributed by atoms with E-state index in [0.717, 1.165) is 42.0 Å². The van der Waals surface area contributed by atoms with Crippen molar-refractivity contribution in [2.45, 2.75) is 39.2 Å². The molecular weight excluding hydrogens is 368 g/mol. The first-order chi connectivity index (χ1) is 13.6. The van der Waals surface area contributed by atoms with Crippen LogP contribution in [0.25, 0.3) is 20.7 Å². The van der Waals surface area contributed by atoms with Crippen LogP contribution in [0, 0.1) is 5.92 Å². The zero-order chi connectivity index (χ0) is 19.5. The van der Waals surface area contributed by atoms with Crippen LogP contribution in [-0.2, 0) is 4.79 Å². The zero-order valence-corrected chi connectivity index (χ0v) is 17.2. The number of rotatable bonds is 5. The molecule has 0 atom stereocenters. The second kappa shape index (κ2) is 8.27. The minimum atomic E-state index is 0.281. The lowest BCUT2D eigenvalue weighted by atomic mass is 10.0. The molecule has 1 aliphatic heterocycles. The summed E-state index contributed by atoms with van der Waals surface area (Å²) < 4.78 is 0. The molecule has 0 bridgehead atoms. The molecule has 1 saturated heterocycles. The maximum atomic E-state index is 12.3. The summed E-state index contributed by atoms with van der Waals surface area (Å²) in [4.78, 5) is 25.4. The van der Waals surface area contributed by atoms with Crippen LogP contribution in [0.2, 0.25) is 0 Å². The molecule has 1 aliphatic rings. The molecule has 3 heterocycles. The van der Waals surface area contributed by atoms with Gasteiger partial charge in [-0.05, 0) is 30.4 Å². The van der Waals surface area contributed by atoms with Crippen LogP contribution >= 0.6 is 11.3 Å². The van der Waals surface area contributed by atoms with Crippen molar-refractivity contribution in [3.05, 3.63) is 42.7 Å². The molecule has 0 aliphatic carbocycles. The molecule has 0 radical (unpaired) electrons. The summed E-state index contributed by atoms with van der Waals surface area (Å²) >= 11 is 1.69. The van der Waals surface area contributed by atoms with Gasteiger partial charge in [-0.15, -0.1) is 11.3 Å². The molecule has 28 heavy (non-hydrogen) atoms. The number of anilines is 1. The molecule has 1 amide bonds. The molecule has 1 N–H and O–H groups in total. The van der Waals surface area contributed by atoms with Crippen LogP contribution in [0.1, 0.15) is 33.1 Å². The Morgan fingerprint density at radius 3 is 2.68 bits per heavy atom. The number of piperidine rings is 1. The average molecular weight is 395 g/mol. The van der Waals surface area contributed by atoms with Gasteiger partial charge in [0.1, 0.15) is 17.0 Å². The SMILES string of the molecule is CC(C)CC(=O)N1CCC(Nc2ncnc3sc(-c4ccccc4)cc23)CC1. The van der Waals surface area contributed by atoms with Crippen molar-refractivity contribution in [2.75, 3.05) is 18.4 Å². The fraction of sp³-hybridized carbons (Fsp3) is 0.409. The maximum absolute atomic E-state index is 12.3. The molecule has 6 heteroatoms. The monoisotopic (exact) mass is 394 g/mol. The first-order valence-corrected chi connectivity index (χ1v) is 10.8. The molecule has 4 rings (SSSR count). The lowest BCUT2D eigenvalue weighted by molar-refractivity contribution is -0.132. The summed E-state index contributed by atoms with van der Waals surface area (Å²) in [6.07, 6.45) is 4.18. The van der Waals surface area contributed by atoms with Crippen LogP contribution in [0.4, 0.5) is 5.82 Å². The summed E-state index contributed by atoms with van der Waals surface area (Å²) in [5.74, 6) is 1.59. The Morgan fingerprint density at radius 1 is 1.21 bits per heavy atom. The summed E-state index contributed by atoms with van der Waals surface area (Å²) in [6.45, 7) is 5.82. The van der Waals surface area contributed by atoms with E-state index in [1.807, 2.05) is 11.0 Å². The predicted octanol–water partition coefficient (Wildman–Crippen LogP) is 4.81. The molecule has 1 aromatic carbocycles. The number of thiophene rings is 1. The van der Waals surface area contributed by atoms with Gasteiger partial charge in [-0.3, -0.25) is 4.79 Å². The highest BCUT2D eigenvalue weighted by molar-refractivity contribution is 7.21. The highest BCUT2D eigenvalue weighted by Gasteiger charge is 2.24. The van der Waals surface area contributed by atoms with Gasteiger partial charge in [0, 0.05) is 30.4 Å². The maximum Gasteiger partial charge on any atom is 0.222 e. The first-order valence-electron chi connectivity index (χ1n) is 9.94. The molecule has 146 valence electrons. The van der Waals surface area contributed by atoms with Gasteiger partial charge in [0.25, 0.3) is 0 Å². The van der Waals surface area contributed by atoms with Crippen LogP contribution < -0.4 is 5.32 Å². The van der Waals surface area contributed by atoms with Crippen molar-refractivity contribution < 1.29 is 4.79 Å². The van der Waals surface area contributed by atoms with Gasteiger partial charge >= 0.3 is 0 Å². The van der Waals surface area contributed by atoms with Gasteiger partial charge < -0.3 is 10.2 Å². The third-order valence-electron chi connectivity index (χ3n) is 5.16. The minimum absolute atomic E-state index is 0.281. The van der Waals surface area contributed by atoms with Crippen molar-refractivity contribution in [2.24, 2.45) is 5.92 Å². The van der Waals surface area contributed by atoms with Crippen LogP contribution in [0.5, 0.6) is 0 Å². The quantitative estimate of drug-likeness (QED) is 0.675. The number of hydrogen-bond acceptors (Lipinski definition) is 5. The van der Waals surface area contributed by atoms with Crippen molar-refractivity contribution in [3.8, 4) is 10.4 Å². The van der Waals surface area contributed by atoms with E-state index < -0.39 is 0 Å². The smallest absolute Gasteiger partial charge is 0.222 e. The number of carbonyl (C=O) groups excluding carboxylic acids is 1. The van der Waals surface area contributed by atoms with Crippen LogP contribution in [0.15, 0.2) is 42.7 Å². The Kier molecular flexibility index (Phi) is 5.57. The lowest BCUT2D eigenvalue weighted by Gasteiger charge is -2.33. The molecule has 1 fully saturated rings.